The van der Waals surface area contributed by atoms with Crippen LogP contribution in [0.2, 0.25) is 0 Å². The molecule has 0 saturated heterocycles. The molecule has 0 aromatic carbocycles. The van der Waals surface area contributed by atoms with Crippen molar-refractivity contribution in [1.82, 2.24) is 0 Å². The number of aliphatic hydroxyl groups is 3. The van der Waals surface area contributed by atoms with Crippen molar-refractivity contribution in [3.8, 4) is 0 Å². The van der Waals surface area contributed by atoms with Crippen molar-refractivity contribution in [2.45, 2.75) is 24.4 Å². The molecule has 0 aromatic rings. The molecule has 10 nitrogen and oxygen atoms in total. The average molecular weight is 255 g/mol. The number of hydrogen-bond acceptors (Lipinski definition) is 9. The third kappa shape index (κ3) is 5.38. The van der Waals surface area contributed by atoms with Crippen LogP contribution in [0.15, 0.2) is 0 Å². The third-order valence-corrected chi connectivity index (χ3v) is 1.86. The quantitative estimate of drug-likeness (QED) is 0.164. The molecule has 0 aliphatic heterocycles. The molecule has 4 atom stereocenters. The van der Waals surface area contributed by atoms with E-state index in [0.717, 1.165) is 0 Å². The van der Waals surface area contributed by atoms with Gasteiger partial charge in [-0.15, -0.1) is 0 Å². The Bertz CT molecular complexity index is 240. The Morgan fingerprint density at radius 1 is 1.24 bits per heavy atom. The molecule has 0 rings (SSSR count). The molecule has 0 fully saturated rings. The van der Waals surface area contributed by atoms with Gasteiger partial charge in [-0.05, 0) is 0 Å². The van der Waals surface area contributed by atoms with Gasteiger partial charge in [-0.3, -0.25) is 4.84 Å². The minimum absolute atomic E-state index is 0.743. The lowest BCUT2D eigenvalue weighted by Crippen LogP contribution is -2.51. The second kappa shape index (κ2) is 7.52. The Labute approximate surface area is 95.9 Å². The predicted octanol–water partition coefficient (Wildman–Crippen LogP) is -4.60. The number of hydrogen-bond donors (Lipinski definition) is 7. The van der Waals surface area contributed by atoms with Crippen molar-refractivity contribution in [2.75, 3.05) is 6.61 Å². The van der Waals surface area contributed by atoms with Gasteiger partial charge in [0.1, 0.15) is 18.3 Å². The fourth-order valence-electron chi connectivity index (χ4n) is 0.975. The Balaban J connectivity index is 4.35. The van der Waals surface area contributed by atoms with Gasteiger partial charge in [0, 0.05) is 0 Å². The Kier molecular flexibility index (Phi) is 7.18. The predicted molar refractivity (Wildman–Crippen MR) is 50.9 cm³/mol. The fourth-order valence-corrected chi connectivity index (χ4v) is 0.975. The number of carboxylic acids is 1. The van der Waals surface area contributed by atoms with Crippen LogP contribution in [0.5, 0.6) is 0 Å². The van der Waals surface area contributed by atoms with Crippen molar-refractivity contribution in [3.63, 3.8) is 0 Å². The summed E-state index contributed by atoms with van der Waals surface area (Å²) < 4.78 is 4.12. The maximum absolute atomic E-state index is 10.5. The molecule has 0 aliphatic rings. The Morgan fingerprint density at radius 2 is 1.76 bits per heavy atom. The monoisotopic (exact) mass is 255 g/mol. The highest BCUT2D eigenvalue weighted by Gasteiger charge is 2.36. The van der Waals surface area contributed by atoms with Gasteiger partial charge >= 0.3 is 13.3 Å². The standard InChI is InChI=1S/C6H14BNO9/c8-17-5(6(12)13)4(11)3(10)2(9)1-16-7(14)15/h2-5,9-11,14-15H,1,8H2,(H,12,13). The van der Waals surface area contributed by atoms with Gasteiger partial charge in [-0.1, -0.05) is 0 Å². The molecule has 0 amide bonds. The normalized spacial score (nSPS) is 18.2. The second-order valence-corrected chi connectivity index (χ2v) is 3.10. The van der Waals surface area contributed by atoms with E-state index in [1.807, 2.05) is 0 Å². The van der Waals surface area contributed by atoms with Crippen LogP contribution < -0.4 is 5.90 Å². The van der Waals surface area contributed by atoms with Crippen LogP contribution in [0.25, 0.3) is 0 Å². The molecular weight excluding hydrogens is 241 g/mol. The van der Waals surface area contributed by atoms with Gasteiger partial charge in [0.15, 0.2) is 0 Å². The zero-order valence-corrected chi connectivity index (χ0v) is 8.58. The second-order valence-electron chi connectivity index (χ2n) is 3.10. The van der Waals surface area contributed by atoms with Gasteiger partial charge in [0.2, 0.25) is 6.10 Å². The van der Waals surface area contributed by atoms with E-state index in [2.05, 4.69) is 15.4 Å². The van der Waals surface area contributed by atoms with Crippen LogP contribution in [0, 0.1) is 0 Å². The Hall–Kier alpha value is -0.785. The smallest absolute Gasteiger partial charge is 0.479 e. The lowest BCUT2D eigenvalue weighted by molar-refractivity contribution is -0.172. The van der Waals surface area contributed by atoms with Crippen molar-refractivity contribution < 1.29 is 44.8 Å². The zero-order chi connectivity index (χ0) is 13.6. The first-order valence-corrected chi connectivity index (χ1v) is 4.41. The van der Waals surface area contributed by atoms with Crippen LogP contribution in [0.4, 0.5) is 0 Å². The first-order valence-electron chi connectivity index (χ1n) is 4.41. The van der Waals surface area contributed by atoms with Crippen molar-refractivity contribution in [2.24, 2.45) is 5.90 Å². The summed E-state index contributed by atoms with van der Waals surface area (Å²) in [4.78, 5) is 14.4. The van der Waals surface area contributed by atoms with E-state index in [9.17, 15) is 20.1 Å². The SMILES string of the molecule is NOC(C(=O)O)C(O)C(O)C(O)COB(O)O. The summed E-state index contributed by atoms with van der Waals surface area (Å²) >= 11 is 0. The van der Waals surface area contributed by atoms with Crippen LogP contribution in [-0.4, -0.2) is 74.8 Å². The molecule has 0 aliphatic carbocycles. The van der Waals surface area contributed by atoms with E-state index < -0.39 is 44.3 Å². The molecule has 8 N–H and O–H groups in total. The molecule has 0 bridgehead atoms. The highest BCUT2D eigenvalue weighted by molar-refractivity contribution is 6.32. The summed E-state index contributed by atoms with van der Waals surface area (Å²) in [5, 5.41) is 53.0. The summed E-state index contributed by atoms with van der Waals surface area (Å²) in [7, 11) is -2.17. The molecule has 17 heavy (non-hydrogen) atoms. The van der Waals surface area contributed by atoms with E-state index in [1.54, 1.807) is 0 Å². The molecule has 11 heteroatoms. The lowest BCUT2D eigenvalue weighted by Gasteiger charge is -2.25. The van der Waals surface area contributed by atoms with E-state index in [-0.39, 0.29) is 0 Å². The molecule has 0 heterocycles. The van der Waals surface area contributed by atoms with Crippen LogP contribution in [0.1, 0.15) is 0 Å². The van der Waals surface area contributed by atoms with Crippen LogP contribution >= 0.6 is 0 Å². The van der Waals surface area contributed by atoms with E-state index in [4.69, 9.17) is 15.2 Å². The summed E-state index contributed by atoms with van der Waals surface area (Å²) in [5.41, 5.74) is 0. The van der Waals surface area contributed by atoms with E-state index >= 15 is 0 Å². The molecular formula is C6H14BNO9. The maximum Gasteiger partial charge on any atom is 0.633 e. The number of rotatable bonds is 8. The number of aliphatic carboxylic acids is 1. The van der Waals surface area contributed by atoms with Crippen molar-refractivity contribution in [1.29, 1.82) is 0 Å². The number of aliphatic hydroxyl groups excluding tert-OH is 3. The van der Waals surface area contributed by atoms with Crippen LogP contribution in [-0.2, 0) is 14.3 Å². The van der Waals surface area contributed by atoms with Crippen LogP contribution in [0.3, 0.4) is 0 Å². The number of nitrogens with two attached hydrogens (primary N) is 1. The zero-order valence-electron chi connectivity index (χ0n) is 8.58. The van der Waals surface area contributed by atoms with E-state index in [0.29, 0.717) is 0 Å². The molecule has 0 radical (unpaired) electrons. The lowest BCUT2D eigenvalue weighted by atomic mass is 10.0. The third-order valence-electron chi connectivity index (χ3n) is 1.86. The van der Waals surface area contributed by atoms with Gasteiger partial charge in [0.25, 0.3) is 0 Å². The molecule has 0 aromatic heterocycles. The summed E-state index contributed by atoms with van der Waals surface area (Å²) in [6.07, 6.45) is -7.69. The molecule has 4 unspecified atom stereocenters. The first-order chi connectivity index (χ1) is 7.81. The molecule has 0 spiro atoms. The molecule has 100 valence electrons. The summed E-state index contributed by atoms with van der Waals surface area (Å²) in [6, 6.07) is 0. The van der Waals surface area contributed by atoms with Gasteiger partial charge < -0.3 is 35.1 Å². The number of carbonyl (C=O) groups is 1. The highest BCUT2D eigenvalue weighted by Crippen LogP contribution is 2.08. The summed E-state index contributed by atoms with van der Waals surface area (Å²) in [5.74, 6) is 2.95. The highest BCUT2D eigenvalue weighted by atomic mass is 16.6. The van der Waals surface area contributed by atoms with Crippen molar-refractivity contribution in [3.05, 3.63) is 0 Å². The van der Waals surface area contributed by atoms with Gasteiger partial charge in [0.05, 0.1) is 6.61 Å². The minimum Gasteiger partial charge on any atom is -0.479 e. The fraction of sp³-hybridized carbons (Fsp3) is 0.833. The number of carboxylic acid groups (broad SMARTS) is 1. The minimum atomic E-state index is -2.17. The molecule has 0 saturated carbocycles. The topological polar surface area (TPSA) is 183 Å². The van der Waals surface area contributed by atoms with Gasteiger partial charge in [-0.2, -0.15) is 0 Å². The summed E-state index contributed by atoms with van der Waals surface area (Å²) in [6.45, 7) is -0.743. The maximum atomic E-state index is 10.5. The first kappa shape index (κ1) is 16.2. The van der Waals surface area contributed by atoms with Crippen molar-refractivity contribution >= 4 is 13.3 Å². The Morgan fingerprint density at radius 3 is 2.12 bits per heavy atom. The average Bonchev–Trinajstić information content (AvgIpc) is 2.24. The largest absolute Gasteiger partial charge is 0.633 e. The van der Waals surface area contributed by atoms with Gasteiger partial charge in [-0.25, -0.2) is 10.7 Å². The van der Waals surface area contributed by atoms with E-state index in [1.165, 1.54) is 0 Å².